The summed E-state index contributed by atoms with van der Waals surface area (Å²) in [6.45, 7) is 5.31. The fraction of sp³-hybridized carbons (Fsp3) is 0.500. The van der Waals surface area contributed by atoms with E-state index < -0.39 is 0 Å². The first-order valence-corrected chi connectivity index (χ1v) is 8.60. The highest BCUT2D eigenvalue weighted by molar-refractivity contribution is 5.19. The second kappa shape index (κ2) is 7.03. The Hall–Kier alpha value is -1.73. The van der Waals surface area contributed by atoms with Gasteiger partial charge < -0.3 is 9.47 Å². The van der Waals surface area contributed by atoms with Gasteiger partial charge in [0.15, 0.2) is 5.72 Å². The van der Waals surface area contributed by atoms with Crippen molar-refractivity contribution < 1.29 is 9.47 Å². The molecule has 0 radical (unpaired) electrons. The van der Waals surface area contributed by atoms with Gasteiger partial charge in [-0.05, 0) is 12.0 Å². The molecule has 3 heterocycles. The summed E-state index contributed by atoms with van der Waals surface area (Å²) in [5, 5.41) is 10.4. The van der Waals surface area contributed by atoms with Gasteiger partial charge in [0.1, 0.15) is 0 Å². The highest BCUT2D eigenvalue weighted by atomic mass is 16.6. The van der Waals surface area contributed by atoms with Gasteiger partial charge in [-0.15, -0.1) is 0 Å². The molecule has 2 aromatic rings. The van der Waals surface area contributed by atoms with Crippen LogP contribution >= 0.6 is 0 Å². The van der Waals surface area contributed by atoms with Crippen LogP contribution in [0.2, 0.25) is 0 Å². The zero-order valence-corrected chi connectivity index (χ0v) is 13.8. The van der Waals surface area contributed by atoms with Crippen molar-refractivity contribution in [3.8, 4) is 0 Å². The van der Waals surface area contributed by atoms with E-state index >= 15 is 0 Å². The Morgan fingerprint density at radius 3 is 2.96 bits per heavy atom. The minimum atomic E-state index is -0.358. The van der Waals surface area contributed by atoms with Crippen LogP contribution in [0.5, 0.6) is 0 Å². The molecule has 0 bridgehead atoms. The van der Waals surface area contributed by atoms with Crippen LogP contribution in [0.15, 0.2) is 42.7 Å². The van der Waals surface area contributed by atoms with Crippen molar-refractivity contribution in [3.63, 3.8) is 0 Å². The zero-order valence-electron chi connectivity index (χ0n) is 13.8. The number of H-pyrrole nitrogens is 1. The van der Waals surface area contributed by atoms with Crippen LogP contribution in [0.25, 0.3) is 0 Å². The summed E-state index contributed by atoms with van der Waals surface area (Å²) >= 11 is 0. The monoisotopic (exact) mass is 328 g/mol. The minimum Gasteiger partial charge on any atom is -0.374 e. The van der Waals surface area contributed by atoms with Crippen LogP contribution < -0.4 is 5.32 Å². The topological polar surface area (TPSA) is 65.7 Å². The van der Waals surface area contributed by atoms with E-state index in [1.807, 2.05) is 12.4 Å². The van der Waals surface area contributed by atoms with Gasteiger partial charge in [-0.25, -0.2) is 0 Å². The van der Waals surface area contributed by atoms with Crippen LogP contribution in [0.1, 0.15) is 11.1 Å². The van der Waals surface area contributed by atoms with E-state index in [2.05, 4.69) is 50.7 Å². The van der Waals surface area contributed by atoms with E-state index in [0.717, 1.165) is 44.8 Å². The molecule has 1 aromatic carbocycles. The molecule has 2 saturated heterocycles. The number of ether oxygens (including phenoxy) is 2. The number of hydrogen-bond acceptors (Lipinski definition) is 5. The minimum absolute atomic E-state index is 0.197. The maximum absolute atomic E-state index is 5.92. The zero-order chi connectivity index (χ0) is 16.2. The van der Waals surface area contributed by atoms with Crippen LogP contribution in [-0.2, 0) is 21.6 Å². The smallest absolute Gasteiger partial charge is 0.172 e. The maximum atomic E-state index is 5.92. The molecule has 2 atom stereocenters. The number of rotatable bonds is 7. The fourth-order valence-electron chi connectivity index (χ4n) is 3.23. The largest absolute Gasteiger partial charge is 0.374 e. The van der Waals surface area contributed by atoms with Crippen molar-refractivity contribution in [1.82, 2.24) is 20.4 Å². The van der Waals surface area contributed by atoms with Gasteiger partial charge >= 0.3 is 0 Å². The summed E-state index contributed by atoms with van der Waals surface area (Å²) < 4.78 is 11.5. The lowest BCUT2D eigenvalue weighted by Crippen LogP contribution is -2.49. The normalized spacial score (nSPS) is 27.2. The van der Waals surface area contributed by atoms with Crippen LogP contribution in [0, 0.1) is 0 Å². The van der Waals surface area contributed by atoms with Gasteiger partial charge in [-0.1, -0.05) is 30.3 Å². The molecule has 2 aliphatic rings. The molecule has 0 spiro atoms. The molecule has 24 heavy (non-hydrogen) atoms. The quantitative estimate of drug-likeness (QED) is 0.746. The fourth-order valence-corrected chi connectivity index (χ4v) is 3.23. The standard InChI is InChI=1S/C18H24N4O2/c1-2-4-15(5-3-1)6-7-22-8-9-23-17(13-22)12-19-18(14-24-18)16-10-20-21-11-16/h1-5,10-11,17,19H,6-9,12-14H2,(H,20,21). The molecule has 128 valence electrons. The summed E-state index contributed by atoms with van der Waals surface area (Å²) in [6, 6.07) is 10.7. The predicted molar refractivity (Wildman–Crippen MR) is 90.5 cm³/mol. The highest BCUT2D eigenvalue weighted by Crippen LogP contribution is 2.34. The second-order valence-corrected chi connectivity index (χ2v) is 6.51. The molecule has 6 nitrogen and oxygen atoms in total. The SMILES string of the molecule is c1ccc(CCN2CCOC(CNC3(c4cn[nH]c4)CO3)C2)cc1. The first-order valence-electron chi connectivity index (χ1n) is 8.60. The van der Waals surface area contributed by atoms with Gasteiger partial charge in [0, 0.05) is 37.9 Å². The number of aromatic nitrogens is 2. The Balaban J connectivity index is 1.25. The molecule has 2 aliphatic heterocycles. The van der Waals surface area contributed by atoms with Crippen molar-refractivity contribution in [2.24, 2.45) is 0 Å². The van der Waals surface area contributed by atoms with Crippen LogP contribution in [-0.4, -0.2) is 60.6 Å². The Kier molecular flexibility index (Phi) is 4.62. The summed E-state index contributed by atoms with van der Waals surface area (Å²) in [5.74, 6) is 0. The molecular formula is C18H24N4O2. The Morgan fingerprint density at radius 1 is 1.33 bits per heavy atom. The number of nitrogens with one attached hydrogen (secondary N) is 2. The first kappa shape index (κ1) is 15.8. The van der Waals surface area contributed by atoms with Crippen LogP contribution in [0.3, 0.4) is 0 Å². The maximum Gasteiger partial charge on any atom is 0.172 e. The molecule has 0 saturated carbocycles. The molecule has 2 fully saturated rings. The number of morpholine rings is 1. The lowest BCUT2D eigenvalue weighted by atomic mass is 10.1. The number of hydrogen-bond donors (Lipinski definition) is 2. The average molecular weight is 328 g/mol. The number of epoxide rings is 1. The van der Waals surface area contributed by atoms with Crippen molar-refractivity contribution in [2.45, 2.75) is 18.2 Å². The van der Waals surface area contributed by atoms with E-state index in [0.29, 0.717) is 6.61 Å². The lowest BCUT2D eigenvalue weighted by Gasteiger charge is -2.33. The van der Waals surface area contributed by atoms with Gasteiger partial charge in [-0.3, -0.25) is 15.3 Å². The van der Waals surface area contributed by atoms with Crippen LogP contribution in [0.4, 0.5) is 0 Å². The highest BCUT2D eigenvalue weighted by Gasteiger charge is 2.47. The van der Waals surface area contributed by atoms with E-state index in [9.17, 15) is 0 Å². The average Bonchev–Trinajstić information content (AvgIpc) is 3.22. The number of nitrogens with zero attached hydrogens (tertiary/aromatic N) is 2. The second-order valence-electron chi connectivity index (χ2n) is 6.51. The first-order chi connectivity index (χ1) is 11.8. The third-order valence-corrected chi connectivity index (χ3v) is 4.80. The third-order valence-electron chi connectivity index (χ3n) is 4.80. The van der Waals surface area contributed by atoms with Crippen molar-refractivity contribution in [3.05, 3.63) is 53.9 Å². The Bertz CT molecular complexity index is 628. The summed E-state index contributed by atoms with van der Waals surface area (Å²) in [7, 11) is 0. The molecular weight excluding hydrogens is 304 g/mol. The molecule has 2 N–H and O–H groups in total. The number of aromatic amines is 1. The van der Waals surface area contributed by atoms with Gasteiger partial charge in [-0.2, -0.15) is 5.10 Å². The van der Waals surface area contributed by atoms with Crippen molar-refractivity contribution >= 4 is 0 Å². The van der Waals surface area contributed by atoms with E-state index in [4.69, 9.17) is 9.47 Å². The van der Waals surface area contributed by atoms with Gasteiger partial charge in [0.25, 0.3) is 0 Å². The van der Waals surface area contributed by atoms with Crippen molar-refractivity contribution in [1.29, 1.82) is 0 Å². The Morgan fingerprint density at radius 2 is 2.21 bits per heavy atom. The van der Waals surface area contributed by atoms with E-state index in [1.165, 1.54) is 5.56 Å². The summed E-state index contributed by atoms with van der Waals surface area (Å²) in [4.78, 5) is 2.49. The Labute approximate surface area is 142 Å². The molecule has 2 unspecified atom stereocenters. The van der Waals surface area contributed by atoms with E-state index in [1.54, 1.807) is 0 Å². The third kappa shape index (κ3) is 3.67. The summed E-state index contributed by atoms with van der Waals surface area (Å²) in [6.07, 6.45) is 4.98. The molecule has 4 rings (SSSR count). The van der Waals surface area contributed by atoms with Crippen molar-refractivity contribution in [2.75, 3.05) is 39.4 Å². The molecule has 6 heteroatoms. The molecule has 0 amide bonds. The summed E-state index contributed by atoms with van der Waals surface area (Å²) in [5.41, 5.74) is 2.09. The van der Waals surface area contributed by atoms with Gasteiger partial charge in [0.2, 0.25) is 0 Å². The molecule has 1 aromatic heterocycles. The lowest BCUT2D eigenvalue weighted by molar-refractivity contribution is -0.0302. The van der Waals surface area contributed by atoms with Gasteiger partial charge in [0.05, 0.1) is 25.5 Å². The predicted octanol–water partition coefficient (Wildman–Crippen LogP) is 1.13. The molecule has 0 aliphatic carbocycles. The number of benzene rings is 1. The van der Waals surface area contributed by atoms with E-state index in [-0.39, 0.29) is 11.8 Å².